The van der Waals surface area contributed by atoms with Gasteiger partial charge in [0.1, 0.15) is 0 Å². The van der Waals surface area contributed by atoms with Crippen molar-refractivity contribution in [3.05, 3.63) is 123 Å². The van der Waals surface area contributed by atoms with Crippen molar-refractivity contribution in [2.45, 2.75) is 20.8 Å². The number of benzene rings is 4. The van der Waals surface area contributed by atoms with Gasteiger partial charge in [0, 0.05) is 30.4 Å². The van der Waals surface area contributed by atoms with Crippen LogP contribution >= 0.6 is 7.92 Å². The summed E-state index contributed by atoms with van der Waals surface area (Å²) in [5.74, 6) is -28.1. The van der Waals surface area contributed by atoms with Gasteiger partial charge < -0.3 is 0 Å². The Balaban J connectivity index is 0.000000674. The SMILES string of the molecule is Cc1c(F)c(F)c(P(c2c(F)c(F)c(C)c(F)c2F)c2c(F)c(F)c(C)c(F)c2F)c(F)c1F.Fc1cc[c-]cc1.[Au+]. The summed E-state index contributed by atoms with van der Waals surface area (Å²) in [6.45, 7) is 1.59. The van der Waals surface area contributed by atoms with Gasteiger partial charge in [-0.05, 0) is 20.8 Å². The van der Waals surface area contributed by atoms with Crippen molar-refractivity contribution in [2.24, 2.45) is 0 Å². The van der Waals surface area contributed by atoms with Crippen molar-refractivity contribution < 1.29 is 79.5 Å². The van der Waals surface area contributed by atoms with Crippen LogP contribution in [0, 0.1) is 102 Å². The van der Waals surface area contributed by atoms with Gasteiger partial charge in [-0.25, -0.2) is 57.1 Å². The third-order valence-corrected chi connectivity index (χ3v) is 8.25. The van der Waals surface area contributed by atoms with Gasteiger partial charge in [0.25, 0.3) is 0 Å². The van der Waals surface area contributed by atoms with Crippen LogP contribution in [0.4, 0.5) is 57.1 Å². The van der Waals surface area contributed by atoms with Crippen molar-refractivity contribution in [2.75, 3.05) is 0 Å². The Labute approximate surface area is 246 Å². The van der Waals surface area contributed by atoms with Crippen molar-refractivity contribution in [3.63, 3.8) is 0 Å². The molecule has 0 saturated heterocycles. The van der Waals surface area contributed by atoms with E-state index in [-0.39, 0.29) is 28.2 Å². The number of hydrogen-bond donors (Lipinski definition) is 0. The first kappa shape index (κ1) is 35.3. The molecule has 0 N–H and O–H groups in total. The standard InChI is InChI=1S/C21H9F12P.C6H4F.Au/c1-4-7(22)13(28)19(14(29)8(4)23)34(20-15(30)9(24)5(2)10(25)16(20)31)21-17(32)11(26)6(3)12(27)18(21)33;7-6-4-2-1-3-5-6;/h1-3H3;2-5H;/q;-1;+1. The second kappa shape index (κ2) is 13.6. The Morgan fingerprint density at radius 1 is 0.405 bits per heavy atom. The second-order valence-corrected chi connectivity index (χ2v) is 10.3. The molecule has 0 amide bonds. The number of halogens is 13. The largest absolute Gasteiger partial charge is 1.00 e. The molecule has 0 aliphatic rings. The average Bonchev–Trinajstić information content (AvgIpc) is 2.95. The summed E-state index contributed by atoms with van der Waals surface area (Å²) in [6.07, 6.45) is 0. The molecular formula is C27H13AuF13P. The first-order valence-corrected chi connectivity index (χ1v) is 12.3. The predicted octanol–water partition coefficient (Wildman–Crippen LogP) is 7.66. The van der Waals surface area contributed by atoms with Crippen LogP contribution in [0.1, 0.15) is 16.7 Å². The molecule has 4 rings (SSSR count). The van der Waals surface area contributed by atoms with Gasteiger partial charge in [0.2, 0.25) is 0 Å². The van der Waals surface area contributed by atoms with Crippen LogP contribution in [0.25, 0.3) is 0 Å². The van der Waals surface area contributed by atoms with Crippen LogP contribution in [0.5, 0.6) is 0 Å². The molecule has 0 spiro atoms. The number of rotatable bonds is 3. The maximum Gasteiger partial charge on any atom is 1.00 e. The minimum atomic E-state index is -4.40. The summed E-state index contributed by atoms with van der Waals surface area (Å²) in [4.78, 5) is 0. The Bertz CT molecular complexity index is 1410. The van der Waals surface area contributed by atoms with Gasteiger partial charge in [-0.3, -0.25) is 0 Å². The molecule has 0 aliphatic carbocycles. The van der Waals surface area contributed by atoms with Crippen LogP contribution in [0.2, 0.25) is 0 Å². The number of hydrogen-bond acceptors (Lipinski definition) is 0. The van der Waals surface area contributed by atoms with E-state index >= 15 is 0 Å². The normalized spacial score (nSPS) is 10.9. The van der Waals surface area contributed by atoms with E-state index < -0.39 is 110 Å². The maximum atomic E-state index is 14.8. The Kier molecular flexibility index (Phi) is 11.5. The van der Waals surface area contributed by atoms with E-state index in [0.717, 1.165) is 0 Å². The molecule has 0 fully saturated rings. The Morgan fingerprint density at radius 2 is 0.619 bits per heavy atom. The van der Waals surface area contributed by atoms with Crippen LogP contribution in [0.3, 0.4) is 0 Å². The monoisotopic (exact) mass is 812 g/mol. The summed E-state index contributed by atoms with van der Waals surface area (Å²) in [5.41, 5.74) is -3.92. The van der Waals surface area contributed by atoms with E-state index in [0.29, 0.717) is 20.8 Å². The quantitative estimate of drug-likeness (QED) is 0.0656. The summed E-state index contributed by atoms with van der Waals surface area (Å²) >= 11 is 0. The minimum Gasteiger partial charge on any atom is -0.236 e. The molecule has 0 aromatic heterocycles. The van der Waals surface area contributed by atoms with E-state index in [1.165, 1.54) is 24.3 Å². The van der Waals surface area contributed by atoms with E-state index in [4.69, 9.17) is 0 Å². The first-order valence-electron chi connectivity index (χ1n) is 10.9. The summed E-state index contributed by atoms with van der Waals surface area (Å²) in [6, 6.07) is 8.49. The van der Waals surface area contributed by atoms with Crippen molar-refractivity contribution in [1.82, 2.24) is 0 Å². The molecule has 0 aliphatic heterocycles. The van der Waals surface area contributed by atoms with Crippen molar-refractivity contribution in [3.8, 4) is 0 Å². The molecule has 0 atom stereocenters. The van der Waals surface area contributed by atoms with Gasteiger partial charge >= 0.3 is 22.4 Å². The molecule has 4 aromatic rings. The zero-order valence-corrected chi connectivity index (χ0v) is 24.0. The maximum absolute atomic E-state index is 14.8. The van der Waals surface area contributed by atoms with Gasteiger partial charge in [0.05, 0.1) is 15.9 Å². The van der Waals surface area contributed by atoms with Crippen LogP contribution in [-0.4, -0.2) is 0 Å². The zero-order valence-electron chi connectivity index (χ0n) is 21.0. The summed E-state index contributed by atoms with van der Waals surface area (Å²) in [5, 5.41) is -6.38. The summed E-state index contributed by atoms with van der Waals surface area (Å²) < 4.78 is 186. The molecule has 0 bridgehead atoms. The first-order chi connectivity index (χ1) is 19.1. The van der Waals surface area contributed by atoms with Crippen LogP contribution in [0.15, 0.2) is 24.3 Å². The molecule has 42 heavy (non-hydrogen) atoms. The summed E-state index contributed by atoms with van der Waals surface area (Å²) in [7, 11) is -4.40. The van der Waals surface area contributed by atoms with Crippen molar-refractivity contribution in [1.29, 1.82) is 0 Å². The fourth-order valence-electron chi connectivity index (χ4n) is 3.48. The molecule has 0 radical (unpaired) electrons. The van der Waals surface area contributed by atoms with Gasteiger partial charge in [-0.2, -0.15) is 18.2 Å². The van der Waals surface area contributed by atoms with E-state index in [1.807, 2.05) is 0 Å². The smallest absolute Gasteiger partial charge is 0.236 e. The molecule has 0 heterocycles. The van der Waals surface area contributed by atoms with Crippen molar-refractivity contribution >= 4 is 23.8 Å². The molecule has 228 valence electrons. The topological polar surface area (TPSA) is 0 Å². The molecule has 15 heteroatoms. The predicted molar refractivity (Wildman–Crippen MR) is 124 cm³/mol. The molecule has 0 saturated carbocycles. The van der Waals surface area contributed by atoms with Crippen LogP contribution in [-0.2, 0) is 22.4 Å². The minimum absolute atomic E-state index is 0. The van der Waals surface area contributed by atoms with Gasteiger partial charge in [-0.15, -0.1) is 12.1 Å². The van der Waals surface area contributed by atoms with Gasteiger partial charge in [-0.1, -0.05) is 0 Å². The fraction of sp³-hybridized carbons (Fsp3) is 0.111. The Hall–Kier alpha value is -2.86. The van der Waals surface area contributed by atoms with E-state index in [2.05, 4.69) is 6.07 Å². The molecule has 4 aromatic carbocycles. The van der Waals surface area contributed by atoms with E-state index in [9.17, 15) is 57.1 Å². The second-order valence-electron chi connectivity index (χ2n) is 8.24. The third-order valence-electron chi connectivity index (χ3n) is 5.73. The average molecular weight is 812 g/mol. The van der Waals surface area contributed by atoms with Crippen LogP contribution < -0.4 is 15.9 Å². The molecule has 0 unspecified atom stereocenters. The zero-order chi connectivity index (χ0) is 31.1. The van der Waals surface area contributed by atoms with E-state index in [1.54, 1.807) is 0 Å². The Morgan fingerprint density at radius 3 is 0.786 bits per heavy atom. The fourth-order valence-corrected chi connectivity index (χ4v) is 5.92. The third kappa shape index (κ3) is 6.10. The molecular weight excluding hydrogens is 799 g/mol. The molecule has 0 nitrogen and oxygen atoms in total. The van der Waals surface area contributed by atoms with Gasteiger partial charge in [0.15, 0.2) is 69.8 Å².